The Bertz CT molecular complexity index is 904. The van der Waals surface area contributed by atoms with Crippen molar-refractivity contribution in [1.82, 2.24) is 20.1 Å². The highest BCUT2D eigenvalue weighted by atomic mass is 19.1. The third-order valence-electron chi connectivity index (χ3n) is 5.17. The van der Waals surface area contributed by atoms with Gasteiger partial charge in [-0.1, -0.05) is 0 Å². The molecule has 0 aliphatic carbocycles. The number of anilines is 1. The van der Waals surface area contributed by atoms with Gasteiger partial charge in [0.1, 0.15) is 17.5 Å². The molecule has 27 heavy (non-hydrogen) atoms. The summed E-state index contributed by atoms with van der Waals surface area (Å²) in [4.78, 5) is 8.99. The second-order valence-electron chi connectivity index (χ2n) is 6.73. The molecule has 0 radical (unpaired) electrons. The summed E-state index contributed by atoms with van der Waals surface area (Å²) in [6.07, 6.45) is 5.46. The van der Waals surface area contributed by atoms with Gasteiger partial charge in [0, 0.05) is 61.3 Å². The molecule has 0 saturated carbocycles. The number of hydrogen-bond donors (Lipinski definition) is 1. The minimum atomic E-state index is -0.458. The monoisotopic (exact) mass is 369 g/mol. The standard InChI is InChI=1S/C20H21F2N5/c1-14(15-12-24-25-13-15)26-7-9-27(10-8-26)20-17(3-2-6-23-20)18-11-16(21)4-5-19(18)22/h2-6,11-14H,7-10H2,1H3,(H,24,25). The van der Waals surface area contributed by atoms with Gasteiger partial charge in [-0.25, -0.2) is 13.8 Å². The van der Waals surface area contributed by atoms with Crippen LogP contribution >= 0.6 is 0 Å². The van der Waals surface area contributed by atoms with Crippen LogP contribution in [-0.2, 0) is 0 Å². The van der Waals surface area contributed by atoms with Gasteiger partial charge in [0.2, 0.25) is 0 Å². The molecular formula is C20H21F2N5. The summed E-state index contributed by atoms with van der Waals surface area (Å²) in [6.45, 7) is 5.41. The zero-order valence-electron chi connectivity index (χ0n) is 15.1. The largest absolute Gasteiger partial charge is 0.354 e. The molecule has 1 aliphatic heterocycles. The average molecular weight is 369 g/mol. The molecule has 5 nitrogen and oxygen atoms in total. The smallest absolute Gasteiger partial charge is 0.136 e. The van der Waals surface area contributed by atoms with Crippen LogP contribution < -0.4 is 4.90 Å². The molecule has 7 heteroatoms. The molecule has 0 bridgehead atoms. The second kappa shape index (κ2) is 7.44. The number of H-pyrrole nitrogens is 1. The Morgan fingerprint density at radius 1 is 1.07 bits per heavy atom. The van der Waals surface area contributed by atoms with Crippen molar-refractivity contribution in [2.24, 2.45) is 0 Å². The summed E-state index contributed by atoms with van der Waals surface area (Å²) in [5, 5.41) is 6.88. The Kier molecular flexibility index (Phi) is 4.85. The van der Waals surface area contributed by atoms with Gasteiger partial charge >= 0.3 is 0 Å². The second-order valence-corrected chi connectivity index (χ2v) is 6.73. The van der Waals surface area contributed by atoms with Gasteiger partial charge in [0.25, 0.3) is 0 Å². The number of nitrogens with one attached hydrogen (secondary N) is 1. The molecule has 1 atom stereocenters. The normalized spacial score (nSPS) is 16.5. The van der Waals surface area contributed by atoms with Crippen molar-refractivity contribution in [1.29, 1.82) is 0 Å². The van der Waals surface area contributed by atoms with Crippen molar-refractivity contribution in [3.05, 3.63) is 66.1 Å². The van der Waals surface area contributed by atoms with E-state index in [0.717, 1.165) is 43.9 Å². The summed E-state index contributed by atoms with van der Waals surface area (Å²) in [5.41, 5.74) is 2.02. The molecule has 1 fully saturated rings. The first-order valence-electron chi connectivity index (χ1n) is 9.01. The van der Waals surface area contributed by atoms with E-state index in [-0.39, 0.29) is 11.6 Å². The zero-order chi connectivity index (χ0) is 18.8. The summed E-state index contributed by atoms with van der Waals surface area (Å²) >= 11 is 0. The molecular weight excluding hydrogens is 348 g/mol. The van der Waals surface area contributed by atoms with Crippen LogP contribution in [0, 0.1) is 11.6 Å². The van der Waals surface area contributed by atoms with Gasteiger partial charge in [0.15, 0.2) is 0 Å². The van der Waals surface area contributed by atoms with Gasteiger partial charge in [-0.2, -0.15) is 5.10 Å². The first-order chi connectivity index (χ1) is 13.1. The summed E-state index contributed by atoms with van der Waals surface area (Å²) in [6, 6.07) is 7.33. The lowest BCUT2D eigenvalue weighted by atomic mass is 10.0. The van der Waals surface area contributed by atoms with Crippen molar-refractivity contribution in [3.63, 3.8) is 0 Å². The van der Waals surface area contributed by atoms with Gasteiger partial charge in [-0.15, -0.1) is 0 Å². The maximum atomic E-state index is 14.3. The van der Waals surface area contributed by atoms with E-state index in [1.54, 1.807) is 18.3 Å². The highest BCUT2D eigenvalue weighted by Gasteiger charge is 2.25. The van der Waals surface area contributed by atoms with E-state index < -0.39 is 11.6 Å². The summed E-state index contributed by atoms with van der Waals surface area (Å²) < 4.78 is 28.0. The molecule has 1 saturated heterocycles. The lowest BCUT2D eigenvalue weighted by Gasteiger charge is -2.39. The molecule has 140 valence electrons. The molecule has 0 amide bonds. The Balaban J connectivity index is 1.55. The van der Waals surface area contributed by atoms with E-state index in [9.17, 15) is 8.78 Å². The number of piperazine rings is 1. The van der Waals surface area contributed by atoms with E-state index in [4.69, 9.17) is 0 Å². The van der Waals surface area contributed by atoms with E-state index in [1.807, 2.05) is 12.4 Å². The lowest BCUT2D eigenvalue weighted by molar-refractivity contribution is 0.198. The van der Waals surface area contributed by atoms with E-state index in [1.165, 1.54) is 6.07 Å². The van der Waals surface area contributed by atoms with E-state index >= 15 is 0 Å². The summed E-state index contributed by atoms with van der Waals surface area (Å²) in [5.74, 6) is -0.213. The molecule has 1 N–H and O–H groups in total. The number of benzene rings is 1. The number of halogens is 2. The number of aromatic nitrogens is 3. The van der Waals surface area contributed by atoms with Crippen LogP contribution in [0.5, 0.6) is 0 Å². The highest BCUT2D eigenvalue weighted by Crippen LogP contribution is 2.32. The van der Waals surface area contributed by atoms with Crippen LogP contribution in [0.4, 0.5) is 14.6 Å². The average Bonchev–Trinajstić information content (AvgIpc) is 3.24. The maximum absolute atomic E-state index is 14.3. The number of hydrogen-bond acceptors (Lipinski definition) is 4. The Labute approximate surface area is 156 Å². The molecule has 1 unspecified atom stereocenters. The zero-order valence-corrected chi connectivity index (χ0v) is 15.1. The first-order valence-corrected chi connectivity index (χ1v) is 9.01. The predicted octanol–water partition coefficient (Wildman–Crippen LogP) is 3.63. The Morgan fingerprint density at radius 3 is 2.63 bits per heavy atom. The minimum absolute atomic E-state index is 0.243. The topological polar surface area (TPSA) is 48.1 Å². The molecule has 2 aromatic heterocycles. The fraction of sp³-hybridized carbons (Fsp3) is 0.300. The molecule has 4 rings (SSSR count). The lowest BCUT2D eigenvalue weighted by Crippen LogP contribution is -2.47. The first kappa shape index (κ1) is 17.6. The van der Waals surface area contributed by atoms with Crippen LogP contribution in [0.25, 0.3) is 11.1 Å². The minimum Gasteiger partial charge on any atom is -0.354 e. The van der Waals surface area contributed by atoms with Crippen LogP contribution in [0.2, 0.25) is 0 Å². The van der Waals surface area contributed by atoms with Gasteiger partial charge in [-0.05, 0) is 37.3 Å². The Hall–Kier alpha value is -2.80. The maximum Gasteiger partial charge on any atom is 0.136 e. The third kappa shape index (κ3) is 3.55. The van der Waals surface area contributed by atoms with Crippen LogP contribution in [-0.4, -0.2) is 46.3 Å². The Morgan fingerprint density at radius 2 is 1.89 bits per heavy atom. The van der Waals surface area contributed by atoms with Gasteiger partial charge in [-0.3, -0.25) is 10.00 Å². The van der Waals surface area contributed by atoms with Crippen LogP contribution in [0.3, 0.4) is 0 Å². The number of pyridine rings is 1. The van der Waals surface area contributed by atoms with Crippen LogP contribution in [0.15, 0.2) is 48.9 Å². The van der Waals surface area contributed by atoms with E-state index in [0.29, 0.717) is 11.4 Å². The summed E-state index contributed by atoms with van der Waals surface area (Å²) in [7, 11) is 0. The van der Waals surface area contributed by atoms with Crippen molar-refractivity contribution < 1.29 is 8.78 Å². The van der Waals surface area contributed by atoms with Crippen molar-refractivity contribution >= 4 is 5.82 Å². The van der Waals surface area contributed by atoms with E-state index in [2.05, 4.69) is 31.9 Å². The van der Waals surface area contributed by atoms with Crippen LogP contribution in [0.1, 0.15) is 18.5 Å². The fourth-order valence-electron chi connectivity index (χ4n) is 3.58. The molecule has 1 aliphatic rings. The third-order valence-corrected chi connectivity index (χ3v) is 5.17. The predicted molar refractivity (Wildman–Crippen MR) is 100 cm³/mol. The number of nitrogens with zero attached hydrogens (tertiary/aromatic N) is 4. The molecule has 0 spiro atoms. The SMILES string of the molecule is CC(c1cn[nH]c1)N1CCN(c2ncccc2-c2cc(F)ccc2F)CC1. The quantitative estimate of drug-likeness (QED) is 0.763. The van der Waals surface area contributed by atoms with Crippen molar-refractivity contribution in [3.8, 4) is 11.1 Å². The van der Waals surface area contributed by atoms with Crippen molar-refractivity contribution in [2.75, 3.05) is 31.1 Å². The highest BCUT2D eigenvalue weighted by molar-refractivity contribution is 5.76. The fourth-order valence-corrected chi connectivity index (χ4v) is 3.58. The molecule has 3 aromatic rings. The number of rotatable bonds is 4. The molecule has 3 heterocycles. The van der Waals surface area contributed by atoms with Gasteiger partial charge < -0.3 is 4.90 Å². The number of aromatic amines is 1. The molecule has 1 aromatic carbocycles. The van der Waals surface area contributed by atoms with Gasteiger partial charge in [0.05, 0.1) is 6.20 Å². The van der Waals surface area contributed by atoms with Crippen molar-refractivity contribution in [2.45, 2.75) is 13.0 Å².